The number of amides is 1. The van der Waals surface area contributed by atoms with Gasteiger partial charge in [-0.3, -0.25) is 14.5 Å². The first-order valence-corrected chi connectivity index (χ1v) is 12.3. The van der Waals surface area contributed by atoms with Crippen LogP contribution in [0.4, 0.5) is 0 Å². The number of benzene rings is 2. The third kappa shape index (κ3) is 4.76. The summed E-state index contributed by atoms with van der Waals surface area (Å²) in [4.78, 5) is 30.3. The second-order valence-corrected chi connectivity index (χ2v) is 8.94. The molecule has 36 heavy (non-hydrogen) atoms. The number of hydrogen-bond donors (Lipinski definition) is 1. The molecule has 3 heterocycles. The number of fused-ring (bicyclic) bond motifs is 1. The van der Waals surface area contributed by atoms with Crippen molar-refractivity contribution in [3.8, 4) is 17.2 Å². The molecular weight excluding hydrogens is 464 g/mol. The number of nitrogens with zero attached hydrogens (tertiary/aromatic N) is 2. The van der Waals surface area contributed by atoms with Crippen molar-refractivity contribution in [2.45, 2.75) is 19.4 Å². The van der Waals surface area contributed by atoms with Gasteiger partial charge in [-0.05, 0) is 42.3 Å². The number of Topliss-reactive ketones (excluding diaryl/α,β-unsaturated/α-hetero) is 1. The molecule has 3 aliphatic rings. The zero-order valence-electron chi connectivity index (χ0n) is 20.3. The number of ether oxygens (including phenoxy) is 4. The fourth-order valence-electron chi connectivity index (χ4n) is 4.72. The van der Waals surface area contributed by atoms with Crippen LogP contribution in [0.3, 0.4) is 0 Å². The van der Waals surface area contributed by atoms with E-state index in [0.717, 1.165) is 19.5 Å². The van der Waals surface area contributed by atoms with Gasteiger partial charge in [0.2, 0.25) is 6.79 Å². The molecule has 5 rings (SSSR count). The molecule has 2 fully saturated rings. The number of likely N-dealkylation sites (tertiary alicyclic amines) is 1. The van der Waals surface area contributed by atoms with Gasteiger partial charge in [0, 0.05) is 31.7 Å². The second kappa shape index (κ2) is 10.6. The number of aliphatic hydroxyl groups is 1. The number of aliphatic hydroxyl groups excluding tert-OH is 1. The van der Waals surface area contributed by atoms with E-state index in [1.165, 1.54) is 0 Å². The van der Waals surface area contributed by atoms with E-state index < -0.39 is 17.7 Å². The maximum absolute atomic E-state index is 13.3. The number of ketones is 1. The minimum atomic E-state index is -0.748. The van der Waals surface area contributed by atoms with Crippen LogP contribution in [0.1, 0.15) is 30.5 Å². The van der Waals surface area contributed by atoms with Crippen LogP contribution in [0.25, 0.3) is 5.76 Å². The molecule has 2 aromatic rings. The molecule has 2 aromatic carbocycles. The number of carbonyl (C=O) groups excluding carboxylic acids is 2. The molecule has 0 saturated carbocycles. The topological polar surface area (TPSA) is 97.8 Å². The largest absolute Gasteiger partial charge is 0.507 e. The quantitative estimate of drug-likeness (QED) is 0.340. The standard InChI is InChI=1S/C27H30N2O7/c1-2-12-34-20-5-3-4-18(15-20)24-23(25(30)19-6-7-21-22(16-19)36-17-35-21)26(31)27(32)29(24)9-8-28-10-13-33-14-11-28/h3-7,15-16,24,30H,2,8-14,17H2,1H3. The molecule has 3 aliphatic heterocycles. The summed E-state index contributed by atoms with van der Waals surface area (Å²) in [7, 11) is 0. The molecule has 1 amide bonds. The lowest BCUT2D eigenvalue weighted by molar-refractivity contribution is -0.140. The fourth-order valence-corrected chi connectivity index (χ4v) is 4.72. The molecule has 0 aliphatic carbocycles. The average Bonchev–Trinajstić information content (AvgIpc) is 3.48. The van der Waals surface area contributed by atoms with Gasteiger partial charge in [-0.1, -0.05) is 19.1 Å². The maximum atomic E-state index is 13.3. The molecule has 1 N–H and O–H groups in total. The Morgan fingerprint density at radius 1 is 1.06 bits per heavy atom. The van der Waals surface area contributed by atoms with Gasteiger partial charge in [0.05, 0.1) is 31.4 Å². The molecule has 0 spiro atoms. The van der Waals surface area contributed by atoms with E-state index in [9.17, 15) is 14.7 Å². The van der Waals surface area contributed by atoms with Gasteiger partial charge in [0.1, 0.15) is 11.5 Å². The summed E-state index contributed by atoms with van der Waals surface area (Å²) < 4.78 is 22.0. The first kappa shape index (κ1) is 24.1. The van der Waals surface area contributed by atoms with Crippen LogP contribution in [-0.2, 0) is 14.3 Å². The SMILES string of the molecule is CCCOc1cccc(C2C(=C(O)c3ccc4c(c3)OCO4)C(=O)C(=O)N2CCN2CCOCC2)c1. The van der Waals surface area contributed by atoms with Gasteiger partial charge < -0.3 is 29.0 Å². The van der Waals surface area contributed by atoms with E-state index in [1.54, 1.807) is 23.1 Å². The lowest BCUT2D eigenvalue weighted by atomic mass is 9.95. The lowest BCUT2D eigenvalue weighted by Crippen LogP contribution is -2.42. The smallest absolute Gasteiger partial charge is 0.295 e. The summed E-state index contributed by atoms with van der Waals surface area (Å²) >= 11 is 0. The highest BCUT2D eigenvalue weighted by atomic mass is 16.7. The predicted molar refractivity (Wildman–Crippen MR) is 131 cm³/mol. The van der Waals surface area contributed by atoms with E-state index in [1.807, 2.05) is 31.2 Å². The van der Waals surface area contributed by atoms with Crippen molar-refractivity contribution in [2.24, 2.45) is 0 Å². The highest BCUT2D eigenvalue weighted by Crippen LogP contribution is 2.42. The third-order valence-electron chi connectivity index (χ3n) is 6.59. The first-order chi connectivity index (χ1) is 17.6. The van der Waals surface area contributed by atoms with Gasteiger partial charge in [-0.15, -0.1) is 0 Å². The van der Waals surface area contributed by atoms with Gasteiger partial charge in [-0.25, -0.2) is 0 Å². The van der Waals surface area contributed by atoms with E-state index >= 15 is 0 Å². The van der Waals surface area contributed by atoms with Crippen LogP contribution < -0.4 is 14.2 Å². The molecule has 9 heteroatoms. The van der Waals surface area contributed by atoms with E-state index in [0.29, 0.717) is 61.3 Å². The Kier molecular flexibility index (Phi) is 7.11. The van der Waals surface area contributed by atoms with Crippen LogP contribution in [0.2, 0.25) is 0 Å². The summed E-state index contributed by atoms with van der Waals surface area (Å²) in [6.45, 7) is 6.43. The Bertz CT molecular complexity index is 1170. The Morgan fingerprint density at radius 2 is 1.86 bits per heavy atom. The molecule has 2 saturated heterocycles. The van der Waals surface area contributed by atoms with E-state index in [2.05, 4.69) is 4.90 Å². The molecule has 1 unspecified atom stereocenters. The number of morpholine rings is 1. The van der Waals surface area contributed by atoms with Crippen molar-refractivity contribution in [2.75, 3.05) is 52.8 Å². The summed E-state index contributed by atoms with van der Waals surface area (Å²) in [5, 5.41) is 11.3. The summed E-state index contributed by atoms with van der Waals surface area (Å²) in [5.41, 5.74) is 1.13. The van der Waals surface area contributed by atoms with E-state index in [-0.39, 0.29) is 18.1 Å². The lowest BCUT2D eigenvalue weighted by Gasteiger charge is -2.31. The van der Waals surface area contributed by atoms with Crippen LogP contribution in [0, 0.1) is 0 Å². The Balaban J connectivity index is 1.53. The van der Waals surface area contributed by atoms with Gasteiger partial charge in [0.15, 0.2) is 11.5 Å². The minimum Gasteiger partial charge on any atom is -0.507 e. The molecule has 190 valence electrons. The fraction of sp³-hybridized carbons (Fsp3) is 0.407. The Morgan fingerprint density at radius 3 is 2.67 bits per heavy atom. The molecular formula is C27H30N2O7. The number of carbonyl (C=O) groups is 2. The Labute approximate surface area is 209 Å². The van der Waals surface area contributed by atoms with Crippen molar-refractivity contribution >= 4 is 17.4 Å². The van der Waals surface area contributed by atoms with Crippen LogP contribution >= 0.6 is 0 Å². The van der Waals surface area contributed by atoms with Crippen molar-refractivity contribution < 1.29 is 33.6 Å². The predicted octanol–water partition coefficient (Wildman–Crippen LogP) is 2.96. The van der Waals surface area contributed by atoms with E-state index in [4.69, 9.17) is 18.9 Å². The summed E-state index contributed by atoms with van der Waals surface area (Å²) in [5.74, 6) is 0.107. The van der Waals surface area contributed by atoms with Crippen molar-refractivity contribution in [1.82, 2.24) is 9.80 Å². The zero-order valence-corrected chi connectivity index (χ0v) is 20.3. The van der Waals surface area contributed by atoms with Gasteiger partial charge in [-0.2, -0.15) is 0 Å². The number of hydrogen-bond acceptors (Lipinski definition) is 8. The Hall–Kier alpha value is -3.56. The molecule has 1 atom stereocenters. The van der Waals surface area contributed by atoms with Crippen LogP contribution in [0.5, 0.6) is 17.2 Å². The highest BCUT2D eigenvalue weighted by Gasteiger charge is 2.46. The van der Waals surface area contributed by atoms with Crippen LogP contribution in [0.15, 0.2) is 48.0 Å². The van der Waals surface area contributed by atoms with Gasteiger partial charge in [0.25, 0.3) is 11.7 Å². The summed E-state index contributed by atoms with van der Waals surface area (Å²) in [6.07, 6.45) is 0.854. The van der Waals surface area contributed by atoms with Crippen molar-refractivity contribution in [3.63, 3.8) is 0 Å². The summed E-state index contributed by atoms with van der Waals surface area (Å²) in [6, 6.07) is 11.6. The first-order valence-electron chi connectivity index (χ1n) is 12.3. The van der Waals surface area contributed by atoms with Gasteiger partial charge >= 0.3 is 0 Å². The van der Waals surface area contributed by atoms with Crippen molar-refractivity contribution in [1.29, 1.82) is 0 Å². The molecule has 0 aromatic heterocycles. The third-order valence-corrected chi connectivity index (χ3v) is 6.59. The number of rotatable bonds is 8. The zero-order chi connectivity index (χ0) is 25.1. The van der Waals surface area contributed by atoms with Crippen LogP contribution in [-0.4, -0.2) is 79.4 Å². The molecule has 0 bridgehead atoms. The normalized spacial score (nSPS) is 21.2. The highest BCUT2D eigenvalue weighted by molar-refractivity contribution is 6.46. The monoisotopic (exact) mass is 494 g/mol. The average molecular weight is 495 g/mol. The molecule has 0 radical (unpaired) electrons. The minimum absolute atomic E-state index is 0.0495. The van der Waals surface area contributed by atoms with Crippen molar-refractivity contribution in [3.05, 3.63) is 59.2 Å². The second-order valence-electron chi connectivity index (χ2n) is 8.94. The maximum Gasteiger partial charge on any atom is 0.295 e. The molecule has 9 nitrogen and oxygen atoms in total.